The number of rotatable bonds is 4. The molecule has 0 aliphatic heterocycles. The number of nitrogens with zero attached hydrogens (tertiary/aromatic N) is 1. The Morgan fingerprint density at radius 1 is 0.800 bits per heavy atom. The van der Waals surface area contributed by atoms with Crippen molar-refractivity contribution in [3.05, 3.63) is 88.7 Å². The summed E-state index contributed by atoms with van der Waals surface area (Å²) >= 11 is 0. The Morgan fingerprint density at radius 2 is 1.47 bits per heavy atom. The molecule has 4 aromatic rings. The number of carbonyl (C=O) groups is 3. The first-order valence-electron chi connectivity index (χ1n) is 9.31. The number of benzene rings is 2. The molecule has 2 aromatic carbocycles. The molecule has 150 valence electrons. The second-order valence-corrected chi connectivity index (χ2v) is 6.90. The van der Waals surface area contributed by atoms with Crippen LogP contribution in [0.3, 0.4) is 0 Å². The summed E-state index contributed by atoms with van der Waals surface area (Å²) in [4.78, 5) is 39.0. The van der Waals surface area contributed by atoms with Crippen LogP contribution in [-0.2, 0) is 9.47 Å². The van der Waals surface area contributed by atoms with Gasteiger partial charge in [-0.25, -0.2) is 9.59 Å². The number of aromatic nitrogens is 1. The van der Waals surface area contributed by atoms with Gasteiger partial charge in [-0.2, -0.15) is 0 Å². The van der Waals surface area contributed by atoms with Gasteiger partial charge in [-0.1, -0.05) is 54.1 Å². The lowest BCUT2D eigenvalue weighted by atomic mass is 9.97. The van der Waals surface area contributed by atoms with Gasteiger partial charge in [-0.3, -0.25) is 4.79 Å². The van der Waals surface area contributed by atoms with Crippen molar-refractivity contribution in [1.82, 2.24) is 4.40 Å². The van der Waals surface area contributed by atoms with Crippen LogP contribution in [0.5, 0.6) is 0 Å². The number of esters is 2. The molecule has 2 heterocycles. The number of fused-ring (bicyclic) bond motifs is 3. The highest BCUT2D eigenvalue weighted by Gasteiger charge is 2.33. The van der Waals surface area contributed by atoms with Gasteiger partial charge in [0.05, 0.1) is 25.3 Å². The molecule has 0 spiro atoms. The summed E-state index contributed by atoms with van der Waals surface area (Å²) in [6.45, 7) is 1.92. The van der Waals surface area contributed by atoms with Crippen LogP contribution in [-0.4, -0.2) is 36.3 Å². The summed E-state index contributed by atoms with van der Waals surface area (Å²) in [5, 5.41) is 1.60. The van der Waals surface area contributed by atoms with Gasteiger partial charge in [0.25, 0.3) is 0 Å². The van der Waals surface area contributed by atoms with E-state index in [0.717, 1.165) is 16.3 Å². The number of hydrogen-bond donors (Lipinski definition) is 0. The monoisotopic (exact) mass is 401 g/mol. The average molecular weight is 401 g/mol. The van der Waals surface area contributed by atoms with E-state index in [1.165, 1.54) is 18.6 Å². The van der Waals surface area contributed by atoms with E-state index in [0.29, 0.717) is 11.1 Å². The van der Waals surface area contributed by atoms with Crippen LogP contribution in [0.1, 0.15) is 42.3 Å². The minimum Gasteiger partial charge on any atom is -0.465 e. The second kappa shape index (κ2) is 7.48. The SMILES string of the molecule is COC(=O)c1c(C(=O)c2ccc(C)cc2)c2c3ccccc3ccn2c1C(=O)OC. The number of ketones is 1. The first-order chi connectivity index (χ1) is 14.5. The van der Waals surface area contributed by atoms with E-state index >= 15 is 0 Å². The lowest BCUT2D eigenvalue weighted by Crippen LogP contribution is -2.15. The molecule has 0 saturated heterocycles. The van der Waals surface area contributed by atoms with Gasteiger partial charge >= 0.3 is 11.9 Å². The smallest absolute Gasteiger partial charge is 0.355 e. The van der Waals surface area contributed by atoms with E-state index < -0.39 is 11.9 Å². The molecule has 0 aliphatic rings. The van der Waals surface area contributed by atoms with Gasteiger partial charge in [-0.05, 0) is 18.4 Å². The van der Waals surface area contributed by atoms with Crippen molar-refractivity contribution in [2.75, 3.05) is 14.2 Å². The molecule has 0 saturated carbocycles. The molecular formula is C24H19NO5. The van der Waals surface area contributed by atoms with Crippen LogP contribution in [0.15, 0.2) is 60.8 Å². The fourth-order valence-electron chi connectivity index (χ4n) is 3.68. The molecule has 6 nitrogen and oxygen atoms in total. The molecule has 2 aromatic heterocycles. The maximum absolute atomic E-state index is 13.6. The van der Waals surface area contributed by atoms with Gasteiger partial charge in [0.1, 0.15) is 11.3 Å². The highest BCUT2D eigenvalue weighted by atomic mass is 16.5. The van der Waals surface area contributed by atoms with Crippen molar-refractivity contribution >= 4 is 34.0 Å². The van der Waals surface area contributed by atoms with Crippen LogP contribution in [0.4, 0.5) is 0 Å². The number of methoxy groups -OCH3 is 2. The summed E-state index contributed by atoms with van der Waals surface area (Å²) in [7, 11) is 2.44. The topological polar surface area (TPSA) is 74.1 Å². The third kappa shape index (κ3) is 2.93. The summed E-state index contributed by atoms with van der Waals surface area (Å²) in [6, 6.07) is 16.3. The Balaban J connectivity index is 2.19. The van der Waals surface area contributed by atoms with Gasteiger partial charge in [0.2, 0.25) is 0 Å². The average Bonchev–Trinajstić information content (AvgIpc) is 3.13. The fourth-order valence-corrected chi connectivity index (χ4v) is 3.68. The minimum absolute atomic E-state index is 0.0411. The van der Waals surface area contributed by atoms with Crippen LogP contribution in [0.2, 0.25) is 0 Å². The number of pyridine rings is 1. The Hall–Kier alpha value is -3.93. The van der Waals surface area contributed by atoms with Crippen LogP contribution < -0.4 is 0 Å². The van der Waals surface area contributed by atoms with E-state index in [1.807, 2.05) is 49.4 Å². The first kappa shape index (κ1) is 19.4. The summed E-state index contributed by atoms with van der Waals surface area (Å²) in [6.07, 6.45) is 1.66. The molecular weight excluding hydrogens is 382 g/mol. The predicted molar refractivity (Wildman–Crippen MR) is 112 cm³/mol. The van der Waals surface area contributed by atoms with Crippen molar-refractivity contribution in [2.45, 2.75) is 6.92 Å². The maximum Gasteiger partial charge on any atom is 0.355 e. The first-order valence-corrected chi connectivity index (χ1v) is 9.31. The molecule has 0 atom stereocenters. The van der Waals surface area contributed by atoms with Crippen LogP contribution in [0, 0.1) is 6.92 Å². The highest BCUT2D eigenvalue weighted by molar-refractivity contribution is 6.24. The molecule has 30 heavy (non-hydrogen) atoms. The predicted octanol–water partition coefficient (Wildman–Crippen LogP) is 4.21. The zero-order chi connectivity index (χ0) is 21.4. The molecule has 0 bridgehead atoms. The van der Waals surface area contributed by atoms with E-state index in [1.54, 1.807) is 18.3 Å². The van der Waals surface area contributed by atoms with E-state index in [9.17, 15) is 14.4 Å². The van der Waals surface area contributed by atoms with Crippen molar-refractivity contribution in [1.29, 1.82) is 0 Å². The minimum atomic E-state index is -0.779. The van der Waals surface area contributed by atoms with Crippen LogP contribution in [0.25, 0.3) is 16.3 Å². The molecule has 0 amide bonds. The van der Waals surface area contributed by atoms with Crippen molar-refractivity contribution in [3.8, 4) is 0 Å². The maximum atomic E-state index is 13.6. The quantitative estimate of drug-likeness (QED) is 0.378. The van der Waals surface area contributed by atoms with E-state index in [-0.39, 0.29) is 22.6 Å². The van der Waals surface area contributed by atoms with E-state index in [2.05, 4.69) is 0 Å². The van der Waals surface area contributed by atoms with Crippen molar-refractivity contribution < 1.29 is 23.9 Å². The Bertz CT molecular complexity index is 1320. The normalized spacial score (nSPS) is 10.9. The zero-order valence-corrected chi connectivity index (χ0v) is 16.8. The fraction of sp³-hybridized carbons (Fsp3) is 0.125. The van der Waals surface area contributed by atoms with Gasteiger partial charge in [0.15, 0.2) is 5.78 Å². The molecule has 4 rings (SSSR count). The Morgan fingerprint density at radius 3 is 2.13 bits per heavy atom. The van der Waals surface area contributed by atoms with Crippen LogP contribution >= 0.6 is 0 Å². The van der Waals surface area contributed by atoms with Gasteiger partial charge in [0, 0.05) is 17.1 Å². The third-order valence-corrected chi connectivity index (χ3v) is 5.13. The summed E-state index contributed by atoms with van der Waals surface area (Å²) in [5.74, 6) is -1.89. The molecule has 0 radical (unpaired) electrons. The highest BCUT2D eigenvalue weighted by Crippen LogP contribution is 2.33. The number of ether oxygens (including phenoxy) is 2. The van der Waals surface area contributed by atoms with Crippen molar-refractivity contribution in [3.63, 3.8) is 0 Å². The lowest BCUT2D eigenvalue weighted by molar-refractivity contribution is 0.0549. The molecule has 0 unspecified atom stereocenters. The third-order valence-electron chi connectivity index (χ3n) is 5.13. The summed E-state index contributed by atoms with van der Waals surface area (Å²) < 4.78 is 11.4. The Labute approximate surface area is 172 Å². The number of aryl methyl sites for hydroxylation is 1. The second-order valence-electron chi connectivity index (χ2n) is 6.90. The molecule has 0 N–H and O–H groups in total. The van der Waals surface area contributed by atoms with Gasteiger partial charge < -0.3 is 13.9 Å². The number of hydrogen-bond acceptors (Lipinski definition) is 5. The Kier molecular flexibility index (Phi) is 4.83. The van der Waals surface area contributed by atoms with E-state index in [4.69, 9.17) is 9.47 Å². The largest absolute Gasteiger partial charge is 0.465 e. The van der Waals surface area contributed by atoms with Crippen molar-refractivity contribution in [2.24, 2.45) is 0 Å². The summed E-state index contributed by atoms with van der Waals surface area (Å²) in [5.41, 5.74) is 1.83. The lowest BCUT2D eigenvalue weighted by Gasteiger charge is -2.06. The number of carbonyl (C=O) groups excluding carboxylic acids is 3. The molecule has 6 heteroatoms. The standard InChI is InChI=1S/C24H19NO5/c1-14-8-10-16(11-9-14)22(26)18-19(23(27)29-2)21(24(28)30-3)25-13-12-15-6-4-5-7-17(15)20(18)25/h4-13H,1-3H3. The van der Waals surface area contributed by atoms with Gasteiger partial charge in [-0.15, -0.1) is 0 Å². The molecule has 0 fully saturated rings. The zero-order valence-electron chi connectivity index (χ0n) is 16.8. The molecule has 0 aliphatic carbocycles.